The predicted octanol–water partition coefficient (Wildman–Crippen LogP) is 4.52. The van der Waals surface area contributed by atoms with Crippen LogP contribution in [0.15, 0.2) is 79.9 Å². The molecule has 0 unspecified atom stereocenters. The number of nitrogens with zero attached hydrogens (tertiary/aromatic N) is 5. The summed E-state index contributed by atoms with van der Waals surface area (Å²) < 4.78 is 12.4. The van der Waals surface area contributed by atoms with Gasteiger partial charge in [0.2, 0.25) is 11.9 Å². The molecule has 44 heavy (non-hydrogen) atoms. The second-order valence-corrected chi connectivity index (χ2v) is 9.59. The first kappa shape index (κ1) is 31.5. The highest BCUT2D eigenvalue weighted by molar-refractivity contribution is 6.02. The SMILES string of the molecule is C=CC(=O)Nc1cc(Nc2ncc(C(=O)OCC)cn2)c(OC)cc1NCCCN(C)CNc1ccccc1-n1cccn1. The van der Waals surface area contributed by atoms with Gasteiger partial charge in [-0.05, 0) is 50.7 Å². The molecule has 0 radical (unpaired) electrons. The van der Waals surface area contributed by atoms with Gasteiger partial charge in [0.25, 0.3) is 0 Å². The van der Waals surface area contributed by atoms with E-state index >= 15 is 0 Å². The molecule has 2 aromatic carbocycles. The third-order valence-corrected chi connectivity index (χ3v) is 6.42. The Hall–Kier alpha value is -5.43. The standard InChI is InChI=1S/C31H37N9O4/c1-5-29(41)37-25-17-26(38-31-33-19-22(20-34-31)30(42)44-6-2)28(43-4)18-24(25)32-13-9-15-39(3)21-35-23-11-7-8-12-27(23)40-16-10-14-36-40/h5,7-8,10-12,14,16-20,32,35H,1,6,9,13,15,21H2,2-4H3,(H,37,41)(H,33,34,38). The molecule has 0 atom stereocenters. The Balaban J connectivity index is 1.37. The molecule has 4 rings (SSSR count). The molecular weight excluding hydrogens is 562 g/mol. The van der Waals surface area contributed by atoms with Gasteiger partial charge in [0.1, 0.15) is 5.75 Å². The summed E-state index contributed by atoms with van der Waals surface area (Å²) >= 11 is 0. The fourth-order valence-electron chi connectivity index (χ4n) is 4.22. The van der Waals surface area contributed by atoms with Crippen LogP contribution in [-0.2, 0) is 9.53 Å². The number of nitrogens with one attached hydrogen (secondary N) is 4. The lowest BCUT2D eigenvalue weighted by atomic mass is 10.2. The van der Waals surface area contributed by atoms with Crippen LogP contribution in [0.4, 0.5) is 28.7 Å². The maximum Gasteiger partial charge on any atom is 0.341 e. The van der Waals surface area contributed by atoms with Gasteiger partial charge in [-0.15, -0.1) is 0 Å². The second-order valence-electron chi connectivity index (χ2n) is 9.59. The van der Waals surface area contributed by atoms with Gasteiger partial charge in [-0.25, -0.2) is 19.4 Å². The number of hydrogen-bond donors (Lipinski definition) is 4. The first-order chi connectivity index (χ1) is 21.4. The number of carbonyl (C=O) groups is 2. The Bertz CT molecular complexity index is 1540. The summed E-state index contributed by atoms with van der Waals surface area (Å²) in [6.45, 7) is 7.64. The zero-order valence-electron chi connectivity index (χ0n) is 25.0. The molecular formula is C31H37N9O4. The molecule has 0 spiro atoms. The summed E-state index contributed by atoms with van der Waals surface area (Å²) in [4.78, 5) is 34.7. The molecule has 2 aromatic heterocycles. The van der Waals surface area contributed by atoms with Crippen molar-refractivity contribution in [1.29, 1.82) is 0 Å². The van der Waals surface area contributed by atoms with Gasteiger partial charge in [0.05, 0.1) is 54.4 Å². The molecule has 2 heterocycles. The minimum Gasteiger partial charge on any atom is -0.494 e. The number of benzene rings is 2. The zero-order chi connectivity index (χ0) is 31.3. The first-order valence-corrected chi connectivity index (χ1v) is 14.1. The molecule has 230 valence electrons. The predicted molar refractivity (Wildman–Crippen MR) is 171 cm³/mol. The molecule has 13 nitrogen and oxygen atoms in total. The molecule has 1 amide bonds. The summed E-state index contributed by atoms with van der Waals surface area (Å²) in [6, 6.07) is 13.4. The summed E-state index contributed by atoms with van der Waals surface area (Å²) in [6.07, 6.45) is 8.45. The highest BCUT2D eigenvalue weighted by Gasteiger charge is 2.15. The number of hydrogen-bond acceptors (Lipinski definition) is 11. The lowest BCUT2D eigenvalue weighted by Gasteiger charge is -2.21. The van der Waals surface area contributed by atoms with Crippen molar-refractivity contribution in [3.63, 3.8) is 0 Å². The van der Waals surface area contributed by atoms with Crippen LogP contribution in [0, 0.1) is 0 Å². The number of ether oxygens (including phenoxy) is 2. The van der Waals surface area contributed by atoms with Crippen LogP contribution < -0.4 is 26.0 Å². The number of carbonyl (C=O) groups excluding carboxylic acids is 2. The number of rotatable bonds is 16. The first-order valence-electron chi connectivity index (χ1n) is 14.1. The quantitative estimate of drug-likeness (QED) is 0.0624. The number of anilines is 5. The number of methoxy groups -OCH3 is 1. The maximum atomic E-state index is 12.2. The van der Waals surface area contributed by atoms with Crippen LogP contribution in [0.1, 0.15) is 23.7 Å². The van der Waals surface area contributed by atoms with E-state index < -0.39 is 5.97 Å². The van der Waals surface area contributed by atoms with Crippen LogP contribution in [0.2, 0.25) is 0 Å². The van der Waals surface area contributed by atoms with Gasteiger partial charge < -0.3 is 30.7 Å². The van der Waals surface area contributed by atoms with Crippen molar-refractivity contribution in [3.8, 4) is 11.4 Å². The molecule has 4 aromatic rings. The largest absolute Gasteiger partial charge is 0.494 e. The van der Waals surface area contributed by atoms with E-state index in [0.717, 1.165) is 24.3 Å². The topological polar surface area (TPSA) is 148 Å². The Morgan fingerprint density at radius 1 is 1.05 bits per heavy atom. The number of esters is 1. The summed E-state index contributed by atoms with van der Waals surface area (Å²) in [5.41, 5.74) is 3.92. The van der Waals surface area contributed by atoms with Crippen molar-refractivity contribution in [3.05, 3.63) is 85.5 Å². The van der Waals surface area contributed by atoms with E-state index in [2.05, 4.69) is 47.8 Å². The average molecular weight is 600 g/mol. The highest BCUT2D eigenvalue weighted by atomic mass is 16.5. The molecule has 0 fully saturated rings. The molecule has 0 aliphatic heterocycles. The fraction of sp³-hybridized carbons (Fsp3) is 0.258. The number of aromatic nitrogens is 4. The van der Waals surface area contributed by atoms with E-state index in [9.17, 15) is 9.59 Å². The average Bonchev–Trinajstić information content (AvgIpc) is 3.58. The minimum atomic E-state index is -0.500. The third kappa shape index (κ3) is 8.55. The molecule has 0 aliphatic rings. The zero-order valence-corrected chi connectivity index (χ0v) is 25.0. The lowest BCUT2D eigenvalue weighted by Crippen LogP contribution is -2.27. The van der Waals surface area contributed by atoms with E-state index in [-0.39, 0.29) is 24.0 Å². The molecule has 13 heteroatoms. The van der Waals surface area contributed by atoms with Crippen LogP contribution >= 0.6 is 0 Å². The Morgan fingerprint density at radius 2 is 1.84 bits per heavy atom. The van der Waals surface area contributed by atoms with Gasteiger partial charge in [-0.2, -0.15) is 5.10 Å². The highest BCUT2D eigenvalue weighted by Crippen LogP contribution is 2.36. The molecule has 0 aliphatic carbocycles. The Labute approximate surface area is 256 Å². The maximum absolute atomic E-state index is 12.2. The van der Waals surface area contributed by atoms with Crippen molar-refractivity contribution in [2.24, 2.45) is 0 Å². The van der Waals surface area contributed by atoms with Crippen LogP contribution in [0.25, 0.3) is 5.69 Å². The van der Waals surface area contributed by atoms with Gasteiger partial charge >= 0.3 is 5.97 Å². The van der Waals surface area contributed by atoms with Crippen molar-refractivity contribution < 1.29 is 19.1 Å². The smallest absolute Gasteiger partial charge is 0.341 e. The van der Waals surface area contributed by atoms with Gasteiger partial charge in [-0.3, -0.25) is 9.69 Å². The van der Waals surface area contributed by atoms with E-state index in [1.807, 2.05) is 48.3 Å². The lowest BCUT2D eigenvalue weighted by molar-refractivity contribution is -0.111. The van der Waals surface area contributed by atoms with Crippen molar-refractivity contribution in [2.45, 2.75) is 13.3 Å². The van der Waals surface area contributed by atoms with E-state index in [1.54, 1.807) is 32.4 Å². The summed E-state index contributed by atoms with van der Waals surface area (Å²) in [7, 11) is 3.59. The second kappa shape index (κ2) is 15.7. The van der Waals surface area contributed by atoms with Gasteiger partial charge in [0, 0.05) is 43.9 Å². The normalized spacial score (nSPS) is 10.6. The fourth-order valence-corrected chi connectivity index (χ4v) is 4.22. The van der Waals surface area contributed by atoms with Crippen LogP contribution in [0.3, 0.4) is 0 Å². The minimum absolute atomic E-state index is 0.238. The monoisotopic (exact) mass is 599 g/mol. The molecule has 4 N–H and O–H groups in total. The molecule has 0 saturated heterocycles. The van der Waals surface area contributed by atoms with Crippen molar-refractivity contribution >= 4 is 40.6 Å². The third-order valence-electron chi connectivity index (χ3n) is 6.42. The summed E-state index contributed by atoms with van der Waals surface area (Å²) in [5, 5.41) is 17.1. The number of amides is 1. The van der Waals surface area contributed by atoms with Crippen LogP contribution in [-0.4, -0.2) is 77.0 Å². The Kier molecular flexibility index (Phi) is 11.2. The number of para-hydroxylation sites is 2. The van der Waals surface area contributed by atoms with E-state index in [1.165, 1.54) is 18.5 Å². The van der Waals surface area contributed by atoms with E-state index in [0.29, 0.717) is 36.0 Å². The van der Waals surface area contributed by atoms with E-state index in [4.69, 9.17) is 9.47 Å². The van der Waals surface area contributed by atoms with Gasteiger partial charge in [0.15, 0.2) is 0 Å². The summed E-state index contributed by atoms with van der Waals surface area (Å²) in [5.74, 6) is -0.124. The molecule has 0 saturated carbocycles. The van der Waals surface area contributed by atoms with Crippen molar-refractivity contribution in [1.82, 2.24) is 24.6 Å². The Morgan fingerprint density at radius 3 is 2.55 bits per heavy atom. The molecule has 0 bridgehead atoms. The van der Waals surface area contributed by atoms with Gasteiger partial charge in [-0.1, -0.05) is 18.7 Å². The van der Waals surface area contributed by atoms with Crippen LogP contribution in [0.5, 0.6) is 5.75 Å². The van der Waals surface area contributed by atoms with Crippen molar-refractivity contribution in [2.75, 3.05) is 61.8 Å².